The molecule has 3 N–H and O–H groups in total. The lowest BCUT2D eigenvalue weighted by molar-refractivity contribution is 0.572. The number of rotatable bonds is 5. The minimum Gasteiger partial charge on any atom is -0.444 e. The van der Waals surface area contributed by atoms with Gasteiger partial charge < -0.3 is 4.42 Å². The van der Waals surface area contributed by atoms with Crippen LogP contribution >= 0.6 is 0 Å². The van der Waals surface area contributed by atoms with Gasteiger partial charge in [0.25, 0.3) is 0 Å². The topological polar surface area (TPSA) is 111 Å². The van der Waals surface area contributed by atoms with Crippen LogP contribution in [0.3, 0.4) is 0 Å². The SMILES string of the molecule is NS(=O)(=O)c1ccc(C=NNc2ccc(-c3cnco3)cc2)cc1. The van der Waals surface area contributed by atoms with Gasteiger partial charge in [-0.1, -0.05) is 12.1 Å². The van der Waals surface area contributed by atoms with Crippen LogP contribution in [0.25, 0.3) is 11.3 Å². The largest absolute Gasteiger partial charge is 0.444 e. The van der Waals surface area contributed by atoms with E-state index < -0.39 is 10.0 Å². The number of nitrogens with two attached hydrogens (primary N) is 1. The van der Waals surface area contributed by atoms with Crippen LogP contribution in [-0.4, -0.2) is 19.6 Å². The maximum atomic E-state index is 11.2. The van der Waals surface area contributed by atoms with Gasteiger partial charge in [-0.05, 0) is 42.0 Å². The predicted molar refractivity (Wildman–Crippen MR) is 91.0 cm³/mol. The molecule has 0 unspecified atom stereocenters. The highest BCUT2D eigenvalue weighted by Crippen LogP contribution is 2.20. The molecule has 3 aromatic rings. The van der Waals surface area contributed by atoms with Crippen LogP contribution in [0.2, 0.25) is 0 Å². The van der Waals surface area contributed by atoms with Crippen molar-refractivity contribution in [3.63, 3.8) is 0 Å². The molecule has 8 heteroatoms. The molecule has 0 saturated carbocycles. The Morgan fingerprint density at radius 3 is 2.38 bits per heavy atom. The van der Waals surface area contributed by atoms with Crippen LogP contribution in [0, 0.1) is 0 Å². The van der Waals surface area contributed by atoms with E-state index in [1.807, 2.05) is 24.3 Å². The van der Waals surface area contributed by atoms with Gasteiger partial charge in [0.2, 0.25) is 10.0 Å². The van der Waals surface area contributed by atoms with Crippen molar-refractivity contribution in [1.82, 2.24) is 4.98 Å². The first-order chi connectivity index (χ1) is 11.5. The van der Waals surface area contributed by atoms with Crippen molar-refractivity contribution in [1.29, 1.82) is 0 Å². The number of sulfonamides is 1. The highest BCUT2D eigenvalue weighted by atomic mass is 32.2. The van der Waals surface area contributed by atoms with Gasteiger partial charge in [0.05, 0.1) is 23.0 Å². The molecule has 7 nitrogen and oxygen atoms in total. The molecule has 0 atom stereocenters. The quantitative estimate of drug-likeness (QED) is 0.546. The molecule has 1 heterocycles. The molecule has 0 aliphatic rings. The van der Waals surface area contributed by atoms with Crippen LogP contribution < -0.4 is 10.6 Å². The minimum absolute atomic E-state index is 0.0654. The van der Waals surface area contributed by atoms with Gasteiger partial charge in [-0.2, -0.15) is 5.10 Å². The summed E-state index contributed by atoms with van der Waals surface area (Å²) in [7, 11) is -3.68. The Bertz CT molecular complexity index is 932. The Morgan fingerprint density at radius 2 is 1.79 bits per heavy atom. The number of primary sulfonamides is 1. The molecule has 0 aliphatic heterocycles. The number of oxazole rings is 1. The summed E-state index contributed by atoms with van der Waals surface area (Å²) in [5.74, 6) is 0.694. The Balaban J connectivity index is 1.64. The van der Waals surface area contributed by atoms with Crippen molar-refractivity contribution < 1.29 is 12.8 Å². The highest BCUT2D eigenvalue weighted by molar-refractivity contribution is 7.89. The summed E-state index contributed by atoms with van der Waals surface area (Å²) in [6.45, 7) is 0. The molecule has 0 radical (unpaired) electrons. The summed E-state index contributed by atoms with van der Waals surface area (Å²) in [5.41, 5.74) is 5.35. The zero-order valence-electron chi connectivity index (χ0n) is 12.5. The third kappa shape index (κ3) is 3.86. The van der Waals surface area contributed by atoms with Crippen LogP contribution in [0.1, 0.15) is 5.56 Å². The van der Waals surface area contributed by atoms with E-state index in [0.29, 0.717) is 5.76 Å². The lowest BCUT2D eigenvalue weighted by atomic mass is 10.2. The molecule has 3 rings (SSSR count). The fourth-order valence-corrected chi connectivity index (χ4v) is 2.51. The van der Waals surface area contributed by atoms with Crippen LogP contribution in [0.4, 0.5) is 5.69 Å². The molecule has 0 amide bonds. The van der Waals surface area contributed by atoms with E-state index in [-0.39, 0.29) is 4.90 Å². The standard InChI is InChI=1S/C16H14N4O3S/c17-24(21,22)15-7-1-12(2-8-15)9-19-20-14-5-3-13(4-6-14)16-10-18-11-23-16/h1-11,20H,(H2,17,21,22). The summed E-state index contributed by atoms with van der Waals surface area (Å²) in [5, 5.41) is 9.15. The normalized spacial score (nSPS) is 11.7. The first kappa shape index (κ1) is 15.9. The van der Waals surface area contributed by atoms with Gasteiger partial charge in [0, 0.05) is 5.56 Å². The number of aromatic nitrogens is 1. The Kier molecular flexibility index (Phi) is 4.41. The van der Waals surface area contributed by atoms with Crippen LogP contribution in [0.5, 0.6) is 0 Å². The van der Waals surface area contributed by atoms with E-state index >= 15 is 0 Å². The zero-order valence-corrected chi connectivity index (χ0v) is 13.3. The Morgan fingerprint density at radius 1 is 1.08 bits per heavy atom. The molecule has 0 bridgehead atoms. The number of hydrazone groups is 1. The molecule has 122 valence electrons. The van der Waals surface area contributed by atoms with E-state index in [9.17, 15) is 8.42 Å². The van der Waals surface area contributed by atoms with Crippen molar-refractivity contribution in [3.8, 4) is 11.3 Å². The van der Waals surface area contributed by atoms with Crippen molar-refractivity contribution >= 4 is 21.9 Å². The monoisotopic (exact) mass is 342 g/mol. The lowest BCUT2D eigenvalue weighted by Gasteiger charge is -2.02. The summed E-state index contributed by atoms with van der Waals surface area (Å²) in [6.07, 6.45) is 4.61. The number of nitrogens with zero attached hydrogens (tertiary/aromatic N) is 2. The molecular formula is C16H14N4O3S. The average molecular weight is 342 g/mol. The molecule has 0 saturated heterocycles. The number of hydrogen-bond acceptors (Lipinski definition) is 6. The van der Waals surface area contributed by atoms with Crippen molar-refractivity contribution in [2.75, 3.05) is 5.43 Å². The zero-order chi connectivity index (χ0) is 17.0. The molecule has 1 aromatic heterocycles. The number of benzene rings is 2. The summed E-state index contributed by atoms with van der Waals surface area (Å²) in [6, 6.07) is 13.6. The van der Waals surface area contributed by atoms with E-state index in [4.69, 9.17) is 9.56 Å². The minimum atomic E-state index is -3.68. The van der Waals surface area contributed by atoms with Gasteiger partial charge in [-0.25, -0.2) is 18.5 Å². The van der Waals surface area contributed by atoms with Crippen molar-refractivity contribution in [2.45, 2.75) is 4.90 Å². The summed E-state index contributed by atoms with van der Waals surface area (Å²) < 4.78 is 27.6. The fourth-order valence-electron chi connectivity index (χ4n) is 1.99. The van der Waals surface area contributed by atoms with E-state index in [1.54, 1.807) is 24.5 Å². The molecule has 24 heavy (non-hydrogen) atoms. The highest BCUT2D eigenvalue weighted by Gasteiger charge is 2.05. The first-order valence-electron chi connectivity index (χ1n) is 6.93. The Labute approximate surface area is 138 Å². The lowest BCUT2D eigenvalue weighted by Crippen LogP contribution is -2.11. The van der Waals surface area contributed by atoms with Gasteiger partial charge in [-0.15, -0.1) is 0 Å². The van der Waals surface area contributed by atoms with E-state index in [0.717, 1.165) is 16.8 Å². The summed E-state index contributed by atoms with van der Waals surface area (Å²) >= 11 is 0. The molecule has 2 aromatic carbocycles. The molecule has 0 fully saturated rings. The molecule has 0 spiro atoms. The smallest absolute Gasteiger partial charge is 0.238 e. The first-order valence-corrected chi connectivity index (χ1v) is 8.48. The van der Waals surface area contributed by atoms with Gasteiger partial charge >= 0.3 is 0 Å². The van der Waals surface area contributed by atoms with Gasteiger partial charge in [0.1, 0.15) is 0 Å². The van der Waals surface area contributed by atoms with Gasteiger partial charge in [0.15, 0.2) is 12.2 Å². The summed E-state index contributed by atoms with van der Waals surface area (Å²) in [4.78, 5) is 3.94. The number of hydrogen-bond donors (Lipinski definition) is 2. The second-order valence-corrected chi connectivity index (χ2v) is 6.49. The van der Waals surface area contributed by atoms with E-state index in [1.165, 1.54) is 18.5 Å². The van der Waals surface area contributed by atoms with Crippen LogP contribution in [0.15, 0.2) is 75.5 Å². The third-order valence-electron chi connectivity index (χ3n) is 3.22. The molecule has 0 aliphatic carbocycles. The van der Waals surface area contributed by atoms with Crippen molar-refractivity contribution in [3.05, 3.63) is 66.7 Å². The number of anilines is 1. The average Bonchev–Trinajstić information content (AvgIpc) is 3.10. The third-order valence-corrected chi connectivity index (χ3v) is 4.15. The van der Waals surface area contributed by atoms with Crippen molar-refractivity contribution in [2.24, 2.45) is 10.2 Å². The van der Waals surface area contributed by atoms with Crippen LogP contribution in [-0.2, 0) is 10.0 Å². The second-order valence-electron chi connectivity index (χ2n) is 4.93. The predicted octanol–water partition coefficient (Wildman–Crippen LogP) is 2.44. The maximum absolute atomic E-state index is 11.2. The molecular weight excluding hydrogens is 328 g/mol. The van der Waals surface area contributed by atoms with Gasteiger partial charge in [-0.3, -0.25) is 5.43 Å². The fraction of sp³-hybridized carbons (Fsp3) is 0. The maximum Gasteiger partial charge on any atom is 0.238 e. The van der Waals surface area contributed by atoms with E-state index in [2.05, 4.69) is 15.5 Å². The Hall–Kier alpha value is -2.97. The second kappa shape index (κ2) is 6.65. The number of nitrogens with one attached hydrogen (secondary N) is 1.